The summed E-state index contributed by atoms with van der Waals surface area (Å²) in [6.07, 6.45) is 2.30. The van der Waals surface area contributed by atoms with Crippen molar-refractivity contribution in [1.82, 2.24) is 15.0 Å². The first-order chi connectivity index (χ1) is 9.56. The van der Waals surface area contributed by atoms with Crippen LogP contribution >= 0.6 is 0 Å². The second kappa shape index (κ2) is 8.29. The third-order valence-electron chi connectivity index (χ3n) is 2.87. The van der Waals surface area contributed by atoms with Gasteiger partial charge >= 0.3 is 5.97 Å². The summed E-state index contributed by atoms with van der Waals surface area (Å²) in [7, 11) is 0. The van der Waals surface area contributed by atoms with Crippen LogP contribution in [-0.4, -0.2) is 45.1 Å². The Kier molecular flexibility index (Phi) is 6.69. The minimum absolute atomic E-state index is 0.0409. The summed E-state index contributed by atoms with van der Waals surface area (Å²) in [6, 6.07) is 0. The molecule has 7 heteroatoms. The first kappa shape index (κ1) is 16.1. The largest absolute Gasteiger partial charge is 0.481 e. The number of aliphatic carboxylic acids is 1. The highest BCUT2D eigenvalue weighted by Crippen LogP contribution is 2.05. The molecule has 1 aromatic heterocycles. The zero-order valence-corrected chi connectivity index (χ0v) is 12.0. The number of rotatable bonds is 9. The SMILES string of the molecule is CCCc1noc(CCC(=O)N(CC)CCC(=O)O)n1. The van der Waals surface area contributed by atoms with Crippen molar-refractivity contribution in [3.8, 4) is 0 Å². The molecule has 0 bridgehead atoms. The van der Waals surface area contributed by atoms with Gasteiger partial charge in [0.05, 0.1) is 6.42 Å². The number of hydrogen-bond acceptors (Lipinski definition) is 5. The average molecular weight is 283 g/mol. The summed E-state index contributed by atoms with van der Waals surface area (Å²) in [6.45, 7) is 4.58. The first-order valence-electron chi connectivity index (χ1n) is 6.87. The van der Waals surface area contributed by atoms with Crippen molar-refractivity contribution < 1.29 is 19.2 Å². The van der Waals surface area contributed by atoms with Gasteiger partial charge in [-0.1, -0.05) is 12.1 Å². The molecule has 0 fully saturated rings. The van der Waals surface area contributed by atoms with E-state index in [9.17, 15) is 9.59 Å². The number of hydrogen-bond donors (Lipinski definition) is 1. The lowest BCUT2D eigenvalue weighted by Gasteiger charge is -2.19. The molecule has 1 aromatic rings. The van der Waals surface area contributed by atoms with E-state index in [4.69, 9.17) is 9.63 Å². The molecule has 0 unspecified atom stereocenters. The number of nitrogens with zero attached hydrogens (tertiary/aromatic N) is 3. The van der Waals surface area contributed by atoms with E-state index in [1.54, 1.807) is 0 Å². The van der Waals surface area contributed by atoms with E-state index in [0.717, 1.165) is 12.8 Å². The van der Waals surface area contributed by atoms with Crippen LogP contribution in [-0.2, 0) is 22.4 Å². The average Bonchev–Trinajstić information content (AvgIpc) is 2.85. The van der Waals surface area contributed by atoms with E-state index in [2.05, 4.69) is 10.1 Å². The minimum atomic E-state index is -0.905. The molecule has 1 amide bonds. The third kappa shape index (κ3) is 5.38. The third-order valence-corrected chi connectivity index (χ3v) is 2.87. The zero-order valence-electron chi connectivity index (χ0n) is 12.0. The van der Waals surface area contributed by atoms with Crippen molar-refractivity contribution >= 4 is 11.9 Å². The highest BCUT2D eigenvalue weighted by molar-refractivity contribution is 5.77. The smallest absolute Gasteiger partial charge is 0.305 e. The number of carbonyl (C=O) groups excluding carboxylic acids is 1. The van der Waals surface area contributed by atoms with Gasteiger partial charge in [0, 0.05) is 32.4 Å². The van der Waals surface area contributed by atoms with E-state index in [1.165, 1.54) is 4.90 Å². The molecule has 112 valence electrons. The van der Waals surface area contributed by atoms with Gasteiger partial charge in [0.15, 0.2) is 5.82 Å². The second-order valence-corrected chi connectivity index (χ2v) is 4.47. The van der Waals surface area contributed by atoms with Gasteiger partial charge in [0.2, 0.25) is 11.8 Å². The fourth-order valence-corrected chi connectivity index (χ4v) is 1.78. The molecule has 0 saturated carbocycles. The molecule has 0 aliphatic rings. The predicted molar refractivity (Wildman–Crippen MR) is 71.1 cm³/mol. The van der Waals surface area contributed by atoms with Gasteiger partial charge in [-0.2, -0.15) is 4.98 Å². The Morgan fingerprint density at radius 3 is 2.60 bits per heavy atom. The number of carboxylic acid groups (broad SMARTS) is 1. The summed E-state index contributed by atoms with van der Waals surface area (Å²) < 4.78 is 5.05. The van der Waals surface area contributed by atoms with E-state index < -0.39 is 5.97 Å². The quantitative estimate of drug-likeness (QED) is 0.733. The Hall–Kier alpha value is -1.92. The molecule has 0 radical (unpaired) electrons. The molecule has 0 saturated heterocycles. The molecule has 1 rings (SSSR count). The highest BCUT2D eigenvalue weighted by Gasteiger charge is 2.15. The molecule has 1 N–H and O–H groups in total. The number of carboxylic acids is 1. The van der Waals surface area contributed by atoms with Crippen LogP contribution in [0.4, 0.5) is 0 Å². The topological polar surface area (TPSA) is 96.5 Å². The van der Waals surface area contributed by atoms with Crippen LogP contribution in [0, 0.1) is 0 Å². The predicted octanol–water partition coefficient (Wildman–Crippen LogP) is 1.28. The maximum absolute atomic E-state index is 11.9. The second-order valence-electron chi connectivity index (χ2n) is 4.47. The van der Waals surface area contributed by atoms with Gasteiger partial charge in [-0.3, -0.25) is 9.59 Å². The van der Waals surface area contributed by atoms with Gasteiger partial charge in [-0.05, 0) is 13.3 Å². The summed E-state index contributed by atoms with van der Waals surface area (Å²) in [5.74, 6) is 0.116. The monoisotopic (exact) mass is 283 g/mol. The normalized spacial score (nSPS) is 10.5. The van der Waals surface area contributed by atoms with Gasteiger partial charge in [-0.25, -0.2) is 0 Å². The Morgan fingerprint density at radius 2 is 2.00 bits per heavy atom. The zero-order chi connectivity index (χ0) is 15.0. The van der Waals surface area contributed by atoms with Crippen LogP contribution in [0.1, 0.15) is 44.8 Å². The fourth-order valence-electron chi connectivity index (χ4n) is 1.78. The van der Waals surface area contributed by atoms with Crippen molar-refractivity contribution in [3.63, 3.8) is 0 Å². The molecular weight excluding hydrogens is 262 g/mol. The van der Waals surface area contributed by atoms with Gasteiger partial charge in [0.1, 0.15) is 0 Å². The van der Waals surface area contributed by atoms with E-state index in [-0.39, 0.29) is 25.3 Å². The number of aromatic nitrogens is 2. The Balaban J connectivity index is 2.41. The highest BCUT2D eigenvalue weighted by atomic mass is 16.5. The lowest BCUT2D eigenvalue weighted by molar-refractivity contribution is -0.138. The molecule has 0 aromatic carbocycles. The first-order valence-corrected chi connectivity index (χ1v) is 6.87. The van der Waals surface area contributed by atoms with Crippen LogP contribution in [0.25, 0.3) is 0 Å². The van der Waals surface area contributed by atoms with Crippen molar-refractivity contribution in [2.24, 2.45) is 0 Å². The van der Waals surface area contributed by atoms with E-state index in [0.29, 0.717) is 24.7 Å². The number of aryl methyl sites for hydroxylation is 2. The lowest BCUT2D eigenvalue weighted by Crippen LogP contribution is -2.33. The maximum Gasteiger partial charge on any atom is 0.305 e. The maximum atomic E-state index is 11.9. The fraction of sp³-hybridized carbons (Fsp3) is 0.692. The summed E-state index contributed by atoms with van der Waals surface area (Å²) in [4.78, 5) is 28.2. The van der Waals surface area contributed by atoms with Crippen molar-refractivity contribution in [2.45, 2.75) is 46.0 Å². The molecule has 0 spiro atoms. The molecule has 0 aliphatic heterocycles. The molecule has 7 nitrogen and oxygen atoms in total. The lowest BCUT2D eigenvalue weighted by atomic mass is 10.2. The summed E-state index contributed by atoms with van der Waals surface area (Å²) >= 11 is 0. The summed E-state index contributed by atoms with van der Waals surface area (Å²) in [5.41, 5.74) is 0. The minimum Gasteiger partial charge on any atom is -0.481 e. The standard InChI is InChI=1S/C13H21N3O4/c1-3-5-10-14-11(20-15-10)6-7-12(17)16(4-2)9-8-13(18)19/h3-9H2,1-2H3,(H,18,19). The molecule has 0 aliphatic carbocycles. The molecular formula is C13H21N3O4. The number of carbonyl (C=O) groups is 2. The Labute approximate surface area is 118 Å². The van der Waals surface area contributed by atoms with Crippen LogP contribution in [0.2, 0.25) is 0 Å². The van der Waals surface area contributed by atoms with Crippen LogP contribution in [0.15, 0.2) is 4.52 Å². The van der Waals surface area contributed by atoms with Crippen LogP contribution < -0.4 is 0 Å². The van der Waals surface area contributed by atoms with Crippen LogP contribution in [0.3, 0.4) is 0 Å². The summed E-state index contributed by atoms with van der Waals surface area (Å²) in [5, 5.41) is 12.4. The van der Waals surface area contributed by atoms with Crippen molar-refractivity contribution in [3.05, 3.63) is 11.7 Å². The number of amides is 1. The van der Waals surface area contributed by atoms with Crippen molar-refractivity contribution in [2.75, 3.05) is 13.1 Å². The Morgan fingerprint density at radius 1 is 1.25 bits per heavy atom. The molecule has 20 heavy (non-hydrogen) atoms. The van der Waals surface area contributed by atoms with E-state index >= 15 is 0 Å². The van der Waals surface area contributed by atoms with Crippen LogP contribution in [0.5, 0.6) is 0 Å². The van der Waals surface area contributed by atoms with Gasteiger partial charge < -0.3 is 14.5 Å². The molecule has 0 atom stereocenters. The van der Waals surface area contributed by atoms with Gasteiger partial charge in [-0.15, -0.1) is 0 Å². The van der Waals surface area contributed by atoms with E-state index in [1.807, 2.05) is 13.8 Å². The Bertz CT molecular complexity index is 445. The van der Waals surface area contributed by atoms with Crippen molar-refractivity contribution in [1.29, 1.82) is 0 Å². The van der Waals surface area contributed by atoms with Gasteiger partial charge in [0.25, 0.3) is 0 Å². The molecule has 1 heterocycles.